The Kier molecular flexibility index (Phi) is 4.15. The fourth-order valence-corrected chi connectivity index (χ4v) is 4.44. The van der Waals surface area contributed by atoms with Crippen LogP contribution in [0.15, 0.2) is 41.3 Å². The molecular weight excluding hydrogens is 352 g/mol. The van der Waals surface area contributed by atoms with Crippen molar-refractivity contribution in [2.24, 2.45) is 0 Å². The van der Waals surface area contributed by atoms with E-state index in [4.69, 9.17) is 21.1 Å². The Balaban J connectivity index is 2.34. The molecule has 0 spiro atoms. The maximum atomic E-state index is 13.2. The van der Waals surface area contributed by atoms with Gasteiger partial charge in [-0.15, -0.1) is 0 Å². The third kappa shape index (κ3) is 2.50. The monoisotopic (exact) mass is 366 g/mol. The van der Waals surface area contributed by atoms with Gasteiger partial charge in [0.1, 0.15) is 22.2 Å². The number of imidazole rings is 1. The zero-order chi connectivity index (χ0) is 17.5. The smallest absolute Gasteiger partial charge is 0.273 e. The number of para-hydroxylation sites is 2. The van der Waals surface area contributed by atoms with E-state index in [9.17, 15) is 8.42 Å². The van der Waals surface area contributed by atoms with Crippen LogP contribution in [-0.4, -0.2) is 31.6 Å². The normalized spacial score (nSPS) is 11.7. The molecule has 3 aromatic rings. The van der Waals surface area contributed by atoms with E-state index >= 15 is 0 Å². The highest BCUT2D eigenvalue weighted by molar-refractivity contribution is 7.90. The maximum absolute atomic E-state index is 13.2. The molecule has 2 aromatic carbocycles. The lowest BCUT2D eigenvalue weighted by Crippen LogP contribution is -2.15. The van der Waals surface area contributed by atoms with Crippen LogP contribution in [-0.2, 0) is 10.0 Å². The predicted octanol–water partition coefficient (Wildman–Crippen LogP) is 3.25. The van der Waals surface area contributed by atoms with Gasteiger partial charge in [-0.25, -0.2) is 17.4 Å². The SMILES string of the molecule is COc1cc(S(=O)(=O)n2c(C)nc3ccccc32)c(OC)cc1Cl. The average molecular weight is 367 g/mol. The van der Waals surface area contributed by atoms with Crippen molar-refractivity contribution in [1.82, 2.24) is 8.96 Å². The van der Waals surface area contributed by atoms with Gasteiger partial charge in [-0.3, -0.25) is 0 Å². The third-order valence-corrected chi connectivity index (χ3v) is 5.74. The summed E-state index contributed by atoms with van der Waals surface area (Å²) in [5.74, 6) is 0.739. The lowest BCUT2D eigenvalue weighted by atomic mass is 10.3. The van der Waals surface area contributed by atoms with Crippen molar-refractivity contribution < 1.29 is 17.9 Å². The summed E-state index contributed by atoms with van der Waals surface area (Å²) in [6.07, 6.45) is 0. The van der Waals surface area contributed by atoms with E-state index in [1.807, 2.05) is 0 Å². The Labute approximate surface area is 144 Å². The molecule has 126 valence electrons. The zero-order valence-electron chi connectivity index (χ0n) is 13.3. The third-order valence-electron chi connectivity index (χ3n) is 3.63. The van der Waals surface area contributed by atoms with E-state index < -0.39 is 10.0 Å². The van der Waals surface area contributed by atoms with Crippen molar-refractivity contribution in [2.45, 2.75) is 11.8 Å². The van der Waals surface area contributed by atoms with Crippen LogP contribution >= 0.6 is 11.6 Å². The number of rotatable bonds is 4. The molecule has 1 aromatic heterocycles. The van der Waals surface area contributed by atoms with Crippen molar-refractivity contribution in [1.29, 1.82) is 0 Å². The van der Waals surface area contributed by atoms with Crippen LogP contribution in [0.3, 0.4) is 0 Å². The van der Waals surface area contributed by atoms with Gasteiger partial charge in [-0.2, -0.15) is 0 Å². The van der Waals surface area contributed by atoms with Crippen LogP contribution in [0.2, 0.25) is 5.02 Å². The van der Waals surface area contributed by atoms with Crippen molar-refractivity contribution in [2.75, 3.05) is 14.2 Å². The first kappa shape index (κ1) is 16.6. The highest BCUT2D eigenvalue weighted by atomic mass is 35.5. The molecule has 0 aliphatic carbocycles. The summed E-state index contributed by atoms with van der Waals surface area (Å²) in [5, 5.41) is 0.264. The zero-order valence-corrected chi connectivity index (χ0v) is 14.9. The summed E-state index contributed by atoms with van der Waals surface area (Å²) in [6, 6.07) is 9.79. The number of aryl methyl sites for hydroxylation is 1. The number of nitrogens with zero attached hydrogens (tertiary/aromatic N) is 2. The molecule has 0 amide bonds. The van der Waals surface area contributed by atoms with Gasteiger partial charge in [0.2, 0.25) is 0 Å². The number of hydrogen-bond donors (Lipinski definition) is 0. The van der Waals surface area contributed by atoms with Crippen LogP contribution in [0.5, 0.6) is 11.5 Å². The number of methoxy groups -OCH3 is 2. The van der Waals surface area contributed by atoms with Gasteiger partial charge in [0.25, 0.3) is 10.0 Å². The van der Waals surface area contributed by atoms with Crippen molar-refractivity contribution in [3.05, 3.63) is 47.2 Å². The molecule has 0 aliphatic rings. The van der Waals surface area contributed by atoms with Crippen molar-refractivity contribution in [3.8, 4) is 11.5 Å². The van der Waals surface area contributed by atoms with Crippen LogP contribution in [0.1, 0.15) is 5.82 Å². The van der Waals surface area contributed by atoms with E-state index in [2.05, 4.69) is 4.98 Å². The summed E-state index contributed by atoms with van der Waals surface area (Å²) in [5.41, 5.74) is 1.09. The van der Waals surface area contributed by atoms with E-state index in [0.29, 0.717) is 16.9 Å². The van der Waals surface area contributed by atoms with Gasteiger partial charge < -0.3 is 9.47 Å². The summed E-state index contributed by atoms with van der Waals surface area (Å²) in [4.78, 5) is 4.26. The fourth-order valence-electron chi connectivity index (χ4n) is 2.56. The van der Waals surface area contributed by atoms with Crippen LogP contribution < -0.4 is 9.47 Å². The first-order valence-corrected chi connectivity index (χ1v) is 8.83. The fraction of sp³-hybridized carbons (Fsp3) is 0.188. The Hall–Kier alpha value is -2.25. The van der Waals surface area contributed by atoms with Crippen molar-refractivity contribution >= 4 is 32.7 Å². The summed E-state index contributed by atoms with van der Waals surface area (Å²) in [6.45, 7) is 1.64. The minimum absolute atomic E-state index is 0.0440. The Morgan fingerprint density at radius 2 is 1.75 bits per heavy atom. The molecule has 0 fully saturated rings. The van der Waals surface area contributed by atoms with Crippen LogP contribution in [0.4, 0.5) is 0 Å². The number of aromatic nitrogens is 2. The molecule has 0 aliphatic heterocycles. The molecule has 0 saturated heterocycles. The van der Waals surface area contributed by atoms with Gasteiger partial charge in [-0.05, 0) is 19.1 Å². The molecule has 0 unspecified atom stereocenters. The molecule has 0 radical (unpaired) electrons. The second-order valence-electron chi connectivity index (χ2n) is 5.05. The largest absolute Gasteiger partial charge is 0.495 e. The Morgan fingerprint density at radius 3 is 2.42 bits per heavy atom. The average Bonchev–Trinajstić information content (AvgIpc) is 2.90. The van der Waals surface area contributed by atoms with Gasteiger partial charge in [-0.1, -0.05) is 23.7 Å². The highest BCUT2D eigenvalue weighted by Gasteiger charge is 2.27. The lowest BCUT2D eigenvalue weighted by Gasteiger charge is -2.14. The molecule has 0 bridgehead atoms. The molecule has 1 heterocycles. The molecule has 3 rings (SSSR count). The summed E-state index contributed by atoms with van der Waals surface area (Å²) >= 11 is 6.06. The number of ether oxygens (including phenoxy) is 2. The van der Waals surface area contributed by atoms with Crippen LogP contribution in [0.25, 0.3) is 11.0 Å². The summed E-state index contributed by atoms with van der Waals surface area (Å²) < 4.78 is 38.0. The van der Waals surface area contributed by atoms with Gasteiger partial charge in [0.15, 0.2) is 0 Å². The molecule has 24 heavy (non-hydrogen) atoms. The molecular formula is C16H15ClN2O4S. The topological polar surface area (TPSA) is 70.4 Å². The van der Waals surface area contributed by atoms with Crippen LogP contribution in [0, 0.1) is 6.92 Å². The molecule has 8 heteroatoms. The maximum Gasteiger partial charge on any atom is 0.273 e. The number of halogens is 1. The first-order valence-electron chi connectivity index (χ1n) is 7.01. The standard InChI is InChI=1S/C16H15ClN2O4S/c1-10-18-12-6-4-5-7-13(12)19(10)24(20,21)16-9-14(22-2)11(17)8-15(16)23-3/h4-9H,1-3H3. The Morgan fingerprint density at radius 1 is 1.08 bits per heavy atom. The lowest BCUT2D eigenvalue weighted by molar-refractivity contribution is 0.392. The minimum atomic E-state index is -3.95. The quantitative estimate of drug-likeness (QED) is 0.708. The van der Waals surface area contributed by atoms with E-state index in [1.165, 1.54) is 30.3 Å². The number of benzene rings is 2. The molecule has 0 N–H and O–H groups in total. The second kappa shape index (κ2) is 5.99. The number of fused-ring (bicyclic) bond motifs is 1. The summed E-state index contributed by atoms with van der Waals surface area (Å²) in [7, 11) is -1.15. The predicted molar refractivity (Wildman–Crippen MR) is 91.6 cm³/mol. The first-order chi connectivity index (χ1) is 11.4. The minimum Gasteiger partial charge on any atom is -0.495 e. The molecule has 6 nitrogen and oxygen atoms in total. The second-order valence-corrected chi connectivity index (χ2v) is 7.22. The van der Waals surface area contributed by atoms with Crippen molar-refractivity contribution in [3.63, 3.8) is 0 Å². The molecule has 0 atom stereocenters. The molecule has 0 saturated carbocycles. The van der Waals surface area contributed by atoms with Gasteiger partial charge in [0, 0.05) is 12.1 Å². The Bertz CT molecular complexity index is 1030. The van der Waals surface area contributed by atoms with Gasteiger partial charge in [0.05, 0.1) is 30.3 Å². The van der Waals surface area contributed by atoms with Gasteiger partial charge >= 0.3 is 0 Å². The van der Waals surface area contributed by atoms with E-state index in [-0.39, 0.29) is 21.4 Å². The van der Waals surface area contributed by atoms with E-state index in [1.54, 1.807) is 31.2 Å². The number of hydrogen-bond acceptors (Lipinski definition) is 5. The highest BCUT2D eigenvalue weighted by Crippen LogP contribution is 2.37. The van der Waals surface area contributed by atoms with E-state index in [0.717, 1.165) is 0 Å².